The van der Waals surface area contributed by atoms with E-state index in [9.17, 15) is 0 Å². The number of nitrogens with zero attached hydrogens (tertiary/aromatic N) is 10. The maximum atomic E-state index is 4.85. The van der Waals surface area contributed by atoms with E-state index in [-0.39, 0.29) is 0 Å². The Morgan fingerprint density at radius 3 is 1.03 bits per heavy atom. The zero-order valence-electron chi connectivity index (χ0n) is 37.8. The number of para-hydroxylation sites is 4. The summed E-state index contributed by atoms with van der Waals surface area (Å²) < 4.78 is 11.5. The molecule has 0 radical (unpaired) electrons. The molecule has 0 aliphatic rings. The average molecular weight is 909 g/mol. The van der Waals surface area contributed by atoms with Gasteiger partial charge in [0, 0.05) is 77.6 Å². The Balaban J connectivity index is 0.958. The molecule has 10 nitrogen and oxygen atoms in total. The number of benzene rings is 8. The zero-order chi connectivity index (χ0) is 46.3. The Labute approximate surface area is 403 Å². The van der Waals surface area contributed by atoms with Gasteiger partial charge >= 0.3 is 0 Å². The average Bonchev–Trinajstić information content (AvgIpc) is 4.21. The van der Waals surface area contributed by atoms with E-state index in [0.29, 0.717) is 5.95 Å². The van der Waals surface area contributed by atoms with E-state index in [1.165, 1.54) is 43.1 Å². The fourth-order valence-corrected chi connectivity index (χ4v) is 11.7. The molecule has 8 aromatic carbocycles. The second-order valence-corrected chi connectivity index (χ2v) is 18.2. The summed E-state index contributed by atoms with van der Waals surface area (Å²) in [6.07, 6.45) is 7.06. The van der Waals surface area contributed by atoms with Crippen LogP contribution in [0, 0.1) is 0 Å². The van der Waals surface area contributed by atoms with Crippen LogP contribution in [0.25, 0.3) is 138 Å². The molecule has 16 rings (SSSR count). The van der Waals surface area contributed by atoms with Crippen LogP contribution in [0.1, 0.15) is 0 Å². The first kappa shape index (κ1) is 38.1. The van der Waals surface area contributed by atoms with Gasteiger partial charge in [-0.3, -0.25) is 13.7 Å². The number of aromatic nitrogens is 10. The summed E-state index contributed by atoms with van der Waals surface area (Å²) in [6, 6.07) is 69.8. The standard InChI is InChI=1S/C61H36N10/c1-5-17-49-39(13-1)45-33-47-41-15-3-7-19-51(41)69(59-21-9-11-27-62-59)57(47)35-55(45)67(49)37-23-25-43-44-26-24-38(32-54(44)71(53(43)31-37)61-64-29-30-65-66-61)68-50-18-6-2-14-40(50)46-34-48-42-16-4-8-20-52(42)70(58(48)36-56(46)68)60-22-10-12-28-63-60/h1-36H. The Kier molecular flexibility index (Phi) is 7.67. The normalized spacial score (nSPS) is 12.2. The van der Waals surface area contributed by atoms with Gasteiger partial charge in [-0.2, -0.15) is 5.10 Å². The van der Waals surface area contributed by atoms with Crippen molar-refractivity contribution in [2.45, 2.75) is 0 Å². The van der Waals surface area contributed by atoms with E-state index in [2.05, 4.69) is 203 Å². The summed E-state index contributed by atoms with van der Waals surface area (Å²) in [5.74, 6) is 2.25. The van der Waals surface area contributed by atoms with E-state index in [4.69, 9.17) is 15.0 Å². The number of hydrogen-bond acceptors (Lipinski definition) is 5. The molecule has 8 aromatic heterocycles. The minimum absolute atomic E-state index is 0.495. The molecule has 8 heterocycles. The van der Waals surface area contributed by atoms with Gasteiger partial charge in [-0.1, -0.05) is 97.1 Å². The topological polar surface area (TPSA) is 89.1 Å². The molecular weight excluding hydrogens is 873 g/mol. The van der Waals surface area contributed by atoms with Crippen molar-refractivity contribution >= 4 is 109 Å². The van der Waals surface area contributed by atoms with E-state index < -0.39 is 0 Å². The van der Waals surface area contributed by atoms with Gasteiger partial charge in [0.05, 0.1) is 67.6 Å². The van der Waals surface area contributed by atoms with Crippen LogP contribution >= 0.6 is 0 Å². The number of pyridine rings is 2. The summed E-state index contributed by atoms with van der Waals surface area (Å²) in [5.41, 5.74) is 12.9. The molecule has 0 unspecified atom stereocenters. The van der Waals surface area contributed by atoms with Crippen molar-refractivity contribution in [2.24, 2.45) is 0 Å². The van der Waals surface area contributed by atoms with Gasteiger partial charge in [0.25, 0.3) is 5.95 Å². The fraction of sp³-hybridized carbons (Fsp3) is 0. The highest BCUT2D eigenvalue weighted by Crippen LogP contribution is 2.43. The molecule has 0 fully saturated rings. The highest BCUT2D eigenvalue weighted by molar-refractivity contribution is 6.21. The molecule has 0 amide bonds. The van der Waals surface area contributed by atoms with Gasteiger partial charge in [-0.25, -0.2) is 15.0 Å². The lowest BCUT2D eigenvalue weighted by atomic mass is 10.1. The molecule has 330 valence electrons. The van der Waals surface area contributed by atoms with Crippen molar-refractivity contribution in [3.8, 4) is 29.0 Å². The Hall–Kier alpha value is -9.93. The highest BCUT2D eigenvalue weighted by atomic mass is 15.3. The first-order valence-corrected chi connectivity index (χ1v) is 23.7. The summed E-state index contributed by atoms with van der Waals surface area (Å²) in [6.45, 7) is 0. The lowest BCUT2D eigenvalue weighted by Gasteiger charge is -2.11. The second kappa shape index (κ2) is 14.3. The van der Waals surface area contributed by atoms with Crippen LogP contribution in [0.5, 0.6) is 0 Å². The first-order valence-electron chi connectivity index (χ1n) is 23.7. The molecule has 0 aliphatic heterocycles. The van der Waals surface area contributed by atoms with Gasteiger partial charge in [0.2, 0.25) is 0 Å². The maximum absolute atomic E-state index is 4.85. The Bertz CT molecular complexity index is 4580. The monoisotopic (exact) mass is 908 g/mol. The predicted octanol–water partition coefficient (Wildman–Crippen LogP) is 14.1. The van der Waals surface area contributed by atoms with Crippen LogP contribution in [0.3, 0.4) is 0 Å². The van der Waals surface area contributed by atoms with Crippen molar-refractivity contribution in [1.29, 1.82) is 0 Å². The van der Waals surface area contributed by atoms with Crippen molar-refractivity contribution in [2.75, 3.05) is 0 Å². The van der Waals surface area contributed by atoms with Gasteiger partial charge in [0.15, 0.2) is 0 Å². The van der Waals surface area contributed by atoms with Crippen LogP contribution in [-0.4, -0.2) is 48.0 Å². The molecule has 0 spiro atoms. The summed E-state index contributed by atoms with van der Waals surface area (Å²) in [4.78, 5) is 14.5. The molecule has 71 heavy (non-hydrogen) atoms. The fourth-order valence-electron chi connectivity index (χ4n) is 11.7. The summed E-state index contributed by atoms with van der Waals surface area (Å²) in [7, 11) is 0. The molecule has 0 N–H and O–H groups in total. The highest BCUT2D eigenvalue weighted by Gasteiger charge is 2.23. The smallest absolute Gasteiger partial charge is 0.254 e. The third-order valence-electron chi connectivity index (χ3n) is 14.6. The van der Waals surface area contributed by atoms with E-state index in [0.717, 1.165) is 88.9 Å². The third kappa shape index (κ3) is 5.27. The van der Waals surface area contributed by atoms with E-state index >= 15 is 0 Å². The Morgan fingerprint density at radius 2 is 0.620 bits per heavy atom. The molecule has 0 bridgehead atoms. The van der Waals surface area contributed by atoms with Crippen LogP contribution < -0.4 is 0 Å². The SMILES string of the molecule is c1ccc(-n2c3ccccc3c3cc4c5ccccc5n(-c5ccc6c7ccc(-n8c9ccccc9c9cc%10c%11ccccc%11n(-c%11ccccn%11)c%10cc98)cc7n(-c7nccnn7)c6c5)c4cc32)nc1. The minimum Gasteiger partial charge on any atom is -0.309 e. The number of fused-ring (bicyclic) bond motifs is 15. The maximum Gasteiger partial charge on any atom is 0.254 e. The third-order valence-corrected chi connectivity index (χ3v) is 14.6. The number of hydrogen-bond donors (Lipinski definition) is 0. The lowest BCUT2D eigenvalue weighted by Crippen LogP contribution is -2.03. The molecule has 0 saturated heterocycles. The van der Waals surface area contributed by atoms with Crippen molar-refractivity contribution in [3.63, 3.8) is 0 Å². The van der Waals surface area contributed by atoms with Crippen LogP contribution in [-0.2, 0) is 0 Å². The summed E-state index contributed by atoms with van der Waals surface area (Å²) in [5, 5.41) is 20.7. The zero-order valence-corrected chi connectivity index (χ0v) is 37.8. The molecule has 0 saturated carbocycles. The van der Waals surface area contributed by atoms with Crippen LogP contribution in [0.4, 0.5) is 0 Å². The lowest BCUT2D eigenvalue weighted by molar-refractivity contribution is 0.887. The van der Waals surface area contributed by atoms with Gasteiger partial charge in [-0.15, -0.1) is 5.10 Å². The van der Waals surface area contributed by atoms with Crippen molar-refractivity contribution < 1.29 is 0 Å². The first-order chi connectivity index (χ1) is 35.2. The quantitative estimate of drug-likeness (QED) is 0.172. The predicted molar refractivity (Wildman–Crippen MR) is 287 cm³/mol. The molecule has 0 atom stereocenters. The van der Waals surface area contributed by atoms with Gasteiger partial charge in [0.1, 0.15) is 11.6 Å². The van der Waals surface area contributed by atoms with Crippen molar-refractivity contribution in [1.82, 2.24) is 48.0 Å². The van der Waals surface area contributed by atoms with Gasteiger partial charge < -0.3 is 9.13 Å². The molecule has 16 aromatic rings. The summed E-state index contributed by atoms with van der Waals surface area (Å²) >= 11 is 0. The Morgan fingerprint density at radius 1 is 0.239 bits per heavy atom. The minimum atomic E-state index is 0.495. The van der Waals surface area contributed by atoms with Crippen LogP contribution in [0.2, 0.25) is 0 Å². The van der Waals surface area contributed by atoms with Gasteiger partial charge in [-0.05, 0) is 97.1 Å². The van der Waals surface area contributed by atoms with Crippen LogP contribution in [0.15, 0.2) is 219 Å². The molecule has 0 aliphatic carbocycles. The largest absolute Gasteiger partial charge is 0.309 e. The second-order valence-electron chi connectivity index (χ2n) is 18.2. The number of rotatable bonds is 5. The van der Waals surface area contributed by atoms with E-state index in [1.54, 1.807) is 12.4 Å². The van der Waals surface area contributed by atoms with E-state index in [1.807, 2.05) is 36.7 Å². The molecular formula is C61H36N10. The van der Waals surface area contributed by atoms with Crippen molar-refractivity contribution in [3.05, 3.63) is 219 Å². The molecule has 10 heteroatoms.